The van der Waals surface area contributed by atoms with E-state index < -0.39 is 11.4 Å². The molecule has 1 atom stereocenters. The fourth-order valence-corrected chi connectivity index (χ4v) is 3.39. The Labute approximate surface area is 126 Å². The van der Waals surface area contributed by atoms with Crippen LogP contribution in [-0.4, -0.2) is 39.0 Å². The Balaban J connectivity index is 2.07. The van der Waals surface area contributed by atoms with E-state index in [9.17, 15) is 9.90 Å². The van der Waals surface area contributed by atoms with Crippen LogP contribution in [0.4, 0.5) is 0 Å². The number of aryl methyl sites for hydroxylation is 1. The average Bonchev–Trinajstić information content (AvgIpc) is 2.48. The van der Waals surface area contributed by atoms with Crippen molar-refractivity contribution in [3.05, 3.63) is 23.8 Å². The Hall–Kier alpha value is -1.49. The van der Waals surface area contributed by atoms with Gasteiger partial charge in [-0.25, -0.2) is 0 Å². The van der Waals surface area contributed by atoms with E-state index in [2.05, 4.69) is 28.7 Å². The third-order valence-corrected chi connectivity index (χ3v) is 4.80. The van der Waals surface area contributed by atoms with Gasteiger partial charge in [-0.2, -0.15) is 0 Å². The van der Waals surface area contributed by atoms with Crippen LogP contribution in [0.1, 0.15) is 57.0 Å². The van der Waals surface area contributed by atoms with Crippen molar-refractivity contribution >= 4 is 5.97 Å². The predicted octanol–water partition coefficient (Wildman–Crippen LogP) is 2.81. The molecular formula is C16H25N3O2. The summed E-state index contributed by atoms with van der Waals surface area (Å²) in [6.45, 7) is 7.78. The second kappa shape index (κ2) is 6.52. The normalized spacial score (nSPS) is 20.1. The first-order chi connectivity index (χ1) is 10.00. The number of hydrogen-bond donors (Lipinski definition) is 1. The van der Waals surface area contributed by atoms with Crippen LogP contribution in [0.3, 0.4) is 0 Å². The van der Waals surface area contributed by atoms with E-state index in [0.29, 0.717) is 0 Å². The largest absolute Gasteiger partial charge is 0.481 e. The van der Waals surface area contributed by atoms with Gasteiger partial charge in [-0.3, -0.25) is 19.7 Å². The lowest BCUT2D eigenvalue weighted by molar-refractivity contribution is -0.153. The number of piperidine rings is 1. The van der Waals surface area contributed by atoms with Crippen molar-refractivity contribution in [1.82, 2.24) is 14.9 Å². The maximum atomic E-state index is 11.6. The lowest BCUT2D eigenvalue weighted by atomic mass is 9.74. The van der Waals surface area contributed by atoms with Crippen molar-refractivity contribution in [2.75, 3.05) is 13.1 Å². The third-order valence-electron chi connectivity index (χ3n) is 4.80. The summed E-state index contributed by atoms with van der Waals surface area (Å²) < 4.78 is 0. The molecule has 0 aromatic carbocycles. The Kier molecular flexibility index (Phi) is 4.93. The topological polar surface area (TPSA) is 66.3 Å². The molecular weight excluding hydrogens is 266 g/mol. The average molecular weight is 291 g/mol. The molecule has 0 amide bonds. The van der Waals surface area contributed by atoms with Crippen LogP contribution < -0.4 is 0 Å². The molecule has 116 valence electrons. The molecule has 5 heteroatoms. The first kappa shape index (κ1) is 15.9. The smallest absolute Gasteiger partial charge is 0.309 e. The van der Waals surface area contributed by atoms with E-state index in [-0.39, 0.29) is 6.04 Å². The van der Waals surface area contributed by atoms with Crippen LogP contribution in [0.15, 0.2) is 12.4 Å². The SMILES string of the molecule is CCCC1(C(=O)O)CCN(C(C)c2nccnc2C)CC1. The summed E-state index contributed by atoms with van der Waals surface area (Å²) in [7, 11) is 0. The molecule has 21 heavy (non-hydrogen) atoms. The second-order valence-corrected chi connectivity index (χ2v) is 6.07. The predicted molar refractivity (Wildman–Crippen MR) is 81.0 cm³/mol. The fourth-order valence-electron chi connectivity index (χ4n) is 3.39. The van der Waals surface area contributed by atoms with Crippen molar-refractivity contribution < 1.29 is 9.90 Å². The molecule has 2 heterocycles. The van der Waals surface area contributed by atoms with Gasteiger partial charge in [-0.15, -0.1) is 0 Å². The minimum atomic E-state index is -0.632. The van der Waals surface area contributed by atoms with E-state index in [1.54, 1.807) is 12.4 Å². The number of nitrogens with zero attached hydrogens (tertiary/aromatic N) is 3. The fraction of sp³-hybridized carbons (Fsp3) is 0.688. The molecule has 1 unspecified atom stereocenters. The number of hydrogen-bond acceptors (Lipinski definition) is 4. The number of carbonyl (C=O) groups is 1. The summed E-state index contributed by atoms with van der Waals surface area (Å²) in [5.41, 5.74) is 1.42. The number of carboxylic acid groups (broad SMARTS) is 1. The first-order valence-electron chi connectivity index (χ1n) is 7.75. The lowest BCUT2D eigenvalue weighted by Gasteiger charge is -2.41. The van der Waals surface area contributed by atoms with E-state index in [1.165, 1.54) is 0 Å². The molecule has 0 aliphatic carbocycles. The summed E-state index contributed by atoms with van der Waals surface area (Å²) in [6, 6.07) is 0.187. The van der Waals surface area contributed by atoms with Crippen LogP contribution in [-0.2, 0) is 4.79 Å². The Morgan fingerprint density at radius 3 is 2.52 bits per heavy atom. The van der Waals surface area contributed by atoms with Gasteiger partial charge in [0, 0.05) is 12.4 Å². The van der Waals surface area contributed by atoms with Gasteiger partial charge in [0.15, 0.2) is 0 Å². The number of aliphatic carboxylic acids is 1. The number of likely N-dealkylation sites (tertiary alicyclic amines) is 1. The van der Waals surface area contributed by atoms with Gasteiger partial charge in [-0.1, -0.05) is 13.3 Å². The van der Waals surface area contributed by atoms with Crippen molar-refractivity contribution in [2.45, 2.75) is 52.5 Å². The molecule has 1 saturated heterocycles. The minimum Gasteiger partial charge on any atom is -0.481 e. The molecule has 1 fully saturated rings. The maximum absolute atomic E-state index is 11.6. The van der Waals surface area contributed by atoms with Gasteiger partial charge in [-0.05, 0) is 46.2 Å². The molecule has 1 N–H and O–H groups in total. The molecule has 0 bridgehead atoms. The number of rotatable bonds is 5. The summed E-state index contributed by atoms with van der Waals surface area (Å²) in [4.78, 5) is 22.7. The highest BCUT2D eigenvalue weighted by Gasteiger charge is 2.41. The maximum Gasteiger partial charge on any atom is 0.309 e. The van der Waals surface area contributed by atoms with Gasteiger partial charge in [0.2, 0.25) is 0 Å². The van der Waals surface area contributed by atoms with Crippen LogP contribution in [0.2, 0.25) is 0 Å². The number of carboxylic acids is 1. The molecule has 5 nitrogen and oxygen atoms in total. The first-order valence-corrected chi connectivity index (χ1v) is 7.75. The zero-order valence-corrected chi connectivity index (χ0v) is 13.2. The molecule has 1 aliphatic heterocycles. The molecule has 1 aliphatic rings. The zero-order valence-electron chi connectivity index (χ0n) is 13.2. The van der Waals surface area contributed by atoms with Gasteiger partial charge in [0.25, 0.3) is 0 Å². The van der Waals surface area contributed by atoms with Crippen LogP contribution in [0.5, 0.6) is 0 Å². The van der Waals surface area contributed by atoms with Gasteiger partial charge in [0.05, 0.1) is 22.8 Å². The summed E-state index contributed by atoms with van der Waals surface area (Å²) in [5.74, 6) is -0.632. The Bertz CT molecular complexity index is 496. The third kappa shape index (κ3) is 3.23. The Morgan fingerprint density at radius 1 is 1.38 bits per heavy atom. The van der Waals surface area contributed by atoms with Crippen LogP contribution >= 0.6 is 0 Å². The minimum absolute atomic E-state index is 0.187. The summed E-state index contributed by atoms with van der Waals surface area (Å²) in [6.07, 6.45) is 6.57. The van der Waals surface area contributed by atoms with E-state index in [0.717, 1.165) is 50.2 Å². The van der Waals surface area contributed by atoms with Crippen LogP contribution in [0, 0.1) is 12.3 Å². The van der Waals surface area contributed by atoms with E-state index >= 15 is 0 Å². The molecule has 0 radical (unpaired) electrons. The van der Waals surface area contributed by atoms with Gasteiger partial charge in [0.1, 0.15) is 0 Å². The zero-order chi connectivity index (χ0) is 15.5. The van der Waals surface area contributed by atoms with Crippen molar-refractivity contribution in [3.8, 4) is 0 Å². The van der Waals surface area contributed by atoms with Crippen molar-refractivity contribution in [1.29, 1.82) is 0 Å². The van der Waals surface area contributed by atoms with E-state index in [1.807, 2.05) is 6.92 Å². The van der Waals surface area contributed by atoms with Gasteiger partial charge < -0.3 is 5.11 Å². The lowest BCUT2D eigenvalue weighted by Crippen LogP contribution is -2.45. The van der Waals surface area contributed by atoms with Crippen molar-refractivity contribution in [2.24, 2.45) is 5.41 Å². The highest BCUT2D eigenvalue weighted by molar-refractivity contribution is 5.74. The second-order valence-electron chi connectivity index (χ2n) is 6.07. The van der Waals surface area contributed by atoms with Crippen molar-refractivity contribution in [3.63, 3.8) is 0 Å². The van der Waals surface area contributed by atoms with Crippen LogP contribution in [0.25, 0.3) is 0 Å². The highest BCUT2D eigenvalue weighted by Crippen LogP contribution is 2.38. The molecule has 1 aromatic rings. The standard InChI is InChI=1S/C16H25N3O2/c1-4-5-16(15(20)21)6-10-19(11-7-16)13(3)14-12(2)17-8-9-18-14/h8-9,13H,4-7,10-11H2,1-3H3,(H,20,21). The highest BCUT2D eigenvalue weighted by atomic mass is 16.4. The summed E-state index contributed by atoms with van der Waals surface area (Å²) in [5, 5.41) is 9.57. The molecule has 1 aromatic heterocycles. The van der Waals surface area contributed by atoms with E-state index in [4.69, 9.17) is 0 Å². The molecule has 0 spiro atoms. The number of aromatic nitrogens is 2. The summed E-state index contributed by atoms with van der Waals surface area (Å²) >= 11 is 0. The van der Waals surface area contributed by atoms with Gasteiger partial charge >= 0.3 is 5.97 Å². The molecule has 2 rings (SSSR count). The Morgan fingerprint density at radius 2 is 2.00 bits per heavy atom. The monoisotopic (exact) mass is 291 g/mol. The molecule has 0 saturated carbocycles. The quantitative estimate of drug-likeness (QED) is 0.903.